The third kappa shape index (κ3) is 3.55. The minimum absolute atomic E-state index is 0.0549. The van der Waals surface area contributed by atoms with Gasteiger partial charge >= 0.3 is 5.97 Å². The highest BCUT2D eigenvalue weighted by molar-refractivity contribution is 5.90. The quantitative estimate of drug-likeness (QED) is 0.738. The van der Waals surface area contributed by atoms with Gasteiger partial charge in [0.25, 0.3) is 0 Å². The van der Waals surface area contributed by atoms with Gasteiger partial charge in [-0.15, -0.1) is 0 Å². The minimum Gasteiger partial charge on any atom is -0.456 e. The van der Waals surface area contributed by atoms with Crippen LogP contribution in [0.15, 0.2) is 18.2 Å². The van der Waals surface area contributed by atoms with Crippen LogP contribution in [0, 0.1) is 5.82 Å². The number of carbonyl (C=O) groups is 1. The number of hydrogen-bond acceptors (Lipinski definition) is 2. The van der Waals surface area contributed by atoms with Crippen LogP contribution in [0.5, 0.6) is 0 Å². The lowest BCUT2D eigenvalue weighted by Crippen LogP contribution is -2.24. The van der Waals surface area contributed by atoms with Gasteiger partial charge in [-0.05, 0) is 57.2 Å². The van der Waals surface area contributed by atoms with Crippen molar-refractivity contribution in [1.29, 1.82) is 0 Å². The smallest absolute Gasteiger partial charge is 0.341 e. The summed E-state index contributed by atoms with van der Waals surface area (Å²) >= 11 is 0. The zero-order valence-electron chi connectivity index (χ0n) is 11.8. The van der Waals surface area contributed by atoms with Crippen molar-refractivity contribution in [2.24, 2.45) is 0 Å². The topological polar surface area (TPSA) is 26.3 Å². The van der Waals surface area contributed by atoms with Crippen molar-refractivity contribution in [3.05, 3.63) is 35.1 Å². The summed E-state index contributed by atoms with van der Waals surface area (Å²) in [5.74, 6) is -0.623. The molecule has 1 saturated carbocycles. The lowest BCUT2D eigenvalue weighted by molar-refractivity contribution is 0.00646. The van der Waals surface area contributed by atoms with Gasteiger partial charge in [-0.3, -0.25) is 0 Å². The maximum absolute atomic E-state index is 13.8. The van der Waals surface area contributed by atoms with Crippen LogP contribution in [-0.2, 0) is 4.74 Å². The van der Waals surface area contributed by atoms with E-state index in [0.29, 0.717) is 5.92 Å². The molecule has 1 fully saturated rings. The molecular formula is C16H21FO2. The van der Waals surface area contributed by atoms with Gasteiger partial charge in [-0.25, -0.2) is 9.18 Å². The number of halogens is 1. The van der Waals surface area contributed by atoms with Crippen LogP contribution < -0.4 is 0 Å². The van der Waals surface area contributed by atoms with Gasteiger partial charge in [0, 0.05) is 0 Å². The summed E-state index contributed by atoms with van der Waals surface area (Å²) in [5.41, 5.74) is 0.506. The van der Waals surface area contributed by atoms with E-state index in [9.17, 15) is 9.18 Å². The summed E-state index contributed by atoms with van der Waals surface area (Å²) in [6, 6.07) is 4.84. The summed E-state index contributed by atoms with van der Waals surface area (Å²) in [6.07, 6.45) is 4.67. The monoisotopic (exact) mass is 264 g/mol. The molecule has 3 heteroatoms. The van der Waals surface area contributed by atoms with E-state index in [-0.39, 0.29) is 5.56 Å². The standard InChI is InChI=1S/C16H21FO2/c1-16(2,3)19-15(18)13-10-12(8-9-14(13)17)11-6-4-5-7-11/h8-11H,4-7H2,1-3H3. The summed E-state index contributed by atoms with van der Waals surface area (Å²) in [4.78, 5) is 12.0. The predicted octanol–water partition coefficient (Wildman–Crippen LogP) is 4.44. The van der Waals surface area contributed by atoms with E-state index in [4.69, 9.17) is 4.74 Å². The molecular weight excluding hydrogens is 243 g/mol. The largest absolute Gasteiger partial charge is 0.456 e. The highest BCUT2D eigenvalue weighted by atomic mass is 19.1. The Morgan fingerprint density at radius 3 is 2.47 bits per heavy atom. The van der Waals surface area contributed by atoms with Gasteiger partial charge in [-0.1, -0.05) is 18.9 Å². The van der Waals surface area contributed by atoms with Crippen molar-refractivity contribution in [3.8, 4) is 0 Å². The van der Waals surface area contributed by atoms with Crippen molar-refractivity contribution in [3.63, 3.8) is 0 Å². The van der Waals surface area contributed by atoms with Gasteiger partial charge in [0.15, 0.2) is 0 Å². The van der Waals surface area contributed by atoms with E-state index in [0.717, 1.165) is 18.4 Å². The molecule has 1 aromatic rings. The molecule has 0 heterocycles. The first-order valence-corrected chi connectivity index (χ1v) is 6.89. The molecule has 19 heavy (non-hydrogen) atoms. The summed E-state index contributed by atoms with van der Waals surface area (Å²) in [6.45, 7) is 5.34. The highest BCUT2D eigenvalue weighted by Gasteiger charge is 2.23. The Hall–Kier alpha value is -1.38. The van der Waals surface area contributed by atoms with Crippen molar-refractivity contribution >= 4 is 5.97 Å². The average Bonchev–Trinajstić information content (AvgIpc) is 2.80. The SMILES string of the molecule is CC(C)(C)OC(=O)c1cc(C2CCCC2)ccc1F. The van der Waals surface area contributed by atoms with Crippen LogP contribution in [0.25, 0.3) is 0 Å². The molecule has 0 unspecified atom stereocenters. The first-order valence-electron chi connectivity index (χ1n) is 6.89. The number of carbonyl (C=O) groups excluding carboxylic acids is 1. The van der Waals surface area contributed by atoms with Crippen molar-refractivity contribution < 1.29 is 13.9 Å². The molecule has 104 valence electrons. The maximum Gasteiger partial charge on any atom is 0.341 e. The molecule has 2 rings (SSSR count). The highest BCUT2D eigenvalue weighted by Crippen LogP contribution is 2.34. The molecule has 1 aromatic carbocycles. The number of benzene rings is 1. The molecule has 0 atom stereocenters. The van der Waals surface area contributed by atoms with Gasteiger partial charge in [-0.2, -0.15) is 0 Å². The van der Waals surface area contributed by atoms with E-state index in [2.05, 4.69) is 0 Å². The van der Waals surface area contributed by atoms with E-state index in [1.165, 1.54) is 18.9 Å². The normalized spacial score (nSPS) is 16.6. The molecule has 0 N–H and O–H groups in total. The van der Waals surface area contributed by atoms with Crippen molar-refractivity contribution in [2.45, 2.75) is 58.0 Å². The fourth-order valence-corrected chi connectivity index (χ4v) is 2.55. The molecule has 0 spiro atoms. The van der Waals surface area contributed by atoms with Gasteiger partial charge in [0.2, 0.25) is 0 Å². The molecule has 0 amide bonds. The van der Waals surface area contributed by atoms with Crippen LogP contribution in [0.2, 0.25) is 0 Å². The van der Waals surface area contributed by atoms with Crippen LogP contribution in [0.1, 0.15) is 68.3 Å². The predicted molar refractivity (Wildman–Crippen MR) is 72.8 cm³/mol. The second kappa shape index (κ2) is 5.32. The molecule has 1 aliphatic rings. The number of ether oxygens (including phenoxy) is 1. The van der Waals surface area contributed by atoms with Crippen molar-refractivity contribution in [2.75, 3.05) is 0 Å². The fraction of sp³-hybridized carbons (Fsp3) is 0.562. The fourth-order valence-electron chi connectivity index (χ4n) is 2.55. The zero-order chi connectivity index (χ0) is 14.0. The third-order valence-corrected chi connectivity index (χ3v) is 3.44. The first-order chi connectivity index (χ1) is 8.87. The zero-order valence-corrected chi connectivity index (χ0v) is 11.8. The maximum atomic E-state index is 13.8. The van der Waals surface area contributed by atoms with Crippen LogP contribution in [0.4, 0.5) is 4.39 Å². The second-order valence-electron chi connectivity index (χ2n) is 6.22. The molecule has 0 bridgehead atoms. The molecule has 0 radical (unpaired) electrons. The van der Waals surface area contributed by atoms with Gasteiger partial charge < -0.3 is 4.74 Å². The van der Waals surface area contributed by atoms with E-state index in [1.54, 1.807) is 32.9 Å². The lowest BCUT2D eigenvalue weighted by atomic mass is 9.96. The van der Waals surface area contributed by atoms with Gasteiger partial charge in [0.05, 0.1) is 5.56 Å². The lowest BCUT2D eigenvalue weighted by Gasteiger charge is -2.20. The molecule has 0 aromatic heterocycles. The minimum atomic E-state index is -0.604. The van der Waals surface area contributed by atoms with E-state index in [1.807, 2.05) is 0 Å². The van der Waals surface area contributed by atoms with E-state index < -0.39 is 17.4 Å². The molecule has 0 aliphatic heterocycles. The van der Waals surface area contributed by atoms with Crippen LogP contribution in [-0.4, -0.2) is 11.6 Å². The second-order valence-corrected chi connectivity index (χ2v) is 6.22. The molecule has 0 saturated heterocycles. The summed E-state index contributed by atoms with van der Waals surface area (Å²) < 4.78 is 19.0. The van der Waals surface area contributed by atoms with Crippen LogP contribution >= 0.6 is 0 Å². The third-order valence-electron chi connectivity index (χ3n) is 3.44. The number of hydrogen-bond donors (Lipinski definition) is 0. The Bertz CT molecular complexity index is 468. The molecule has 2 nitrogen and oxygen atoms in total. The Kier molecular flexibility index (Phi) is 3.93. The first kappa shape index (κ1) is 14.0. The van der Waals surface area contributed by atoms with Gasteiger partial charge in [0.1, 0.15) is 11.4 Å². The molecule has 1 aliphatic carbocycles. The Balaban J connectivity index is 2.24. The number of esters is 1. The Morgan fingerprint density at radius 1 is 1.26 bits per heavy atom. The van der Waals surface area contributed by atoms with Crippen LogP contribution in [0.3, 0.4) is 0 Å². The van der Waals surface area contributed by atoms with E-state index >= 15 is 0 Å². The Morgan fingerprint density at radius 2 is 1.89 bits per heavy atom. The van der Waals surface area contributed by atoms with Crippen molar-refractivity contribution in [1.82, 2.24) is 0 Å². The summed E-state index contributed by atoms with van der Waals surface area (Å²) in [7, 11) is 0. The Labute approximate surface area is 114 Å². The summed E-state index contributed by atoms with van der Waals surface area (Å²) in [5, 5.41) is 0. The number of rotatable bonds is 2. The average molecular weight is 264 g/mol.